The summed E-state index contributed by atoms with van der Waals surface area (Å²) in [5.41, 5.74) is 1.36. The molecule has 1 aliphatic heterocycles. The fourth-order valence-electron chi connectivity index (χ4n) is 3.14. The second-order valence-corrected chi connectivity index (χ2v) is 6.92. The first-order valence-corrected chi connectivity index (χ1v) is 9.80. The molecule has 0 atom stereocenters. The van der Waals surface area contributed by atoms with Crippen molar-refractivity contribution in [2.24, 2.45) is 5.84 Å². The van der Waals surface area contributed by atoms with Gasteiger partial charge in [-0.3, -0.25) is 9.59 Å². The summed E-state index contributed by atoms with van der Waals surface area (Å²) in [6.45, 7) is -0.00663. The van der Waals surface area contributed by atoms with Gasteiger partial charge in [0.05, 0.1) is 7.11 Å². The third-order valence-electron chi connectivity index (χ3n) is 4.75. The standard InChI is InChI=1S/C23H20N4O6/c1-31-18-10-15(11-19-20(18)33-13-32-19)22(29)27(24)23(30)26-17-9-5-8-16(12-17)25-21(28)14-6-3-2-4-7-14/h2-12H,13,24H2,1H3,(H,25,28)(H,26,30). The Morgan fingerprint density at radius 3 is 2.36 bits per heavy atom. The predicted molar refractivity (Wildman–Crippen MR) is 119 cm³/mol. The van der Waals surface area contributed by atoms with Crippen molar-refractivity contribution in [3.63, 3.8) is 0 Å². The number of fused-ring (bicyclic) bond motifs is 1. The van der Waals surface area contributed by atoms with Crippen molar-refractivity contribution >= 4 is 29.2 Å². The second-order valence-electron chi connectivity index (χ2n) is 6.92. The number of hydrogen-bond donors (Lipinski definition) is 3. The average Bonchev–Trinajstić information content (AvgIpc) is 3.32. The molecule has 4 amide bonds. The van der Waals surface area contributed by atoms with Crippen LogP contribution in [0.25, 0.3) is 0 Å². The molecule has 33 heavy (non-hydrogen) atoms. The Labute approximate surface area is 188 Å². The number of benzene rings is 3. The van der Waals surface area contributed by atoms with Crippen molar-refractivity contribution < 1.29 is 28.6 Å². The van der Waals surface area contributed by atoms with E-state index in [1.54, 1.807) is 48.5 Å². The van der Waals surface area contributed by atoms with Gasteiger partial charge in [0.1, 0.15) is 0 Å². The lowest BCUT2D eigenvalue weighted by atomic mass is 10.1. The van der Waals surface area contributed by atoms with E-state index in [1.807, 2.05) is 6.07 Å². The molecule has 0 aliphatic carbocycles. The molecule has 0 bridgehead atoms. The van der Waals surface area contributed by atoms with Crippen LogP contribution in [0.4, 0.5) is 16.2 Å². The highest BCUT2D eigenvalue weighted by atomic mass is 16.7. The summed E-state index contributed by atoms with van der Waals surface area (Å²) in [5.74, 6) is 5.65. The first-order valence-electron chi connectivity index (χ1n) is 9.80. The highest BCUT2D eigenvalue weighted by Crippen LogP contribution is 2.41. The Bertz CT molecular complexity index is 1210. The predicted octanol–water partition coefficient (Wildman–Crippen LogP) is 3.22. The smallest absolute Gasteiger partial charge is 0.343 e. The summed E-state index contributed by atoms with van der Waals surface area (Å²) in [6.07, 6.45) is 0. The van der Waals surface area contributed by atoms with Crippen LogP contribution in [0, 0.1) is 0 Å². The first-order chi connectivity index (χ1) is 16.0. The Morgan fingerprint density at radius 2 is 1.64 bits per heavy atom. The van der Waals surface area contributed by atoms with Crippen LogP contribution in [0.3, 0.4) is 0 Å². The molecule has 0 unspecified atom stereocenters. The van der Waals surface area contributed by atoms with Gasteiger partial charge >= 0.3 is 6.03 Å². The molecule has 10 nitrogen and oxygen atoms in total. The molecule has 3 aromatic rings. The van der Waals surface area contributed by atoms with Crippen LogP contribution >= 0.6 is 0 Å². The number of urea groups is 1. The Morgan fingerprint density at radius 1 is 0.909 bits per heavy atom. The average molecular weight is 448 g/mol. The van der Waals surface area contributed by atoms with E-state index in [1.165, 1.54) is 19.2 Å². The molecule has 0 radical (unpaired) electrons. The Kier molecular flexibility index (Phi) is 6.09. The third-order valence-corrected chi connectivity index (χ3v) is 4.75. The Balaban J connectivity index is 1.44. The fraction of sp³-hybridized carbons (Fsp3) is 0.0870. The van der Waals surface area contributed by atoms with Crippen LogP contribution in [0.1, 0.15) is 20.7 Å². The molecular weight excluding hydrogens is 428 g/mol. The maximum Gasteiger partial charge on any atom is 0.343 e. The summed E-state index contributed by atoms with van der Waals surface area (Å²) in [5, 5.41) is 5.71. The third kappa shape index (κ3) is 4.70. The van der Waals surface area contributed by atoms with Crippen molar-refractivity contribution in [2.75, 3.05) is 24.5 Å². The molecule has 0 fully saturated rings. The number of nitrogens with zero attached hydrogens (tertiary/aromatic N) is 1. The zero-order valence-electron chi connectivity index (χ0n) is 17.5. The number of carbonyl (C=O) groups is 3. The van der Waals surface area contributed by atoms with Gasteiger partial charge in [-0.1, -0.05) is 24.3 Å². The number of nitrogens with one attached hydrogen (secondary N) is 2. The molecule has 1 heterocycles. The van der Waals surface area contributed by atoms with E-state index in [0.717, 1.165) is 0 Å². The van der Waals surface area contributed by atoms with Crippen LogP contribution in [0.2, 0.25) is 0 Å². The number of amides is 4. The van der Waals surface area contributed by atoms with Gasteiger partial charge in [0.2, 0.25) is 12.5 Å². The number of ether oxygens (including phenoxy) is 3. The quantitative estimate of drug-likeness (QED) is 0.310. The highest BCUT2D eigenvalue weighted by Gasteiger charge is 2.26. The minimum absolute atomic E-state index is 0.00663. The summed E-state index contributed by atoms with van der Waals surface area (Å²) >= 11 is 0. The van der Waals surface area contributed by atoms with Crippen molar-refractivity contribution in [3.8, 4) is 17.2 Å². The summed E-state index contributed by atoms with van der Waals surface area (Å²) in [6, 6.07) is 17.1. The molecule has 0 aromatic heterocycles. The monoisotopic (exact) mass is 448 g/mol. The lowest BCUT2D eigenvalue weighted by Crippen LogP contribution is -2.45. The van der Waals surface area contributed by atoms with E-state index < -0.39 is 11.9 Å². The maximum absolute atomic E-state index is 12.7. The van der Waals surface area contributed by atoms with Crippen LogP contribution in [0.15, 0.2) is 66.7 Å². The molecule has 0 spiro atoms. The number of anilines is 2. The van der Waals surface area contributed by atoms with Gasteiger partial charge in [0.25, 0.3) is 11.8 Å². The summed E-state index contributed by atoms with van der Waals surface area (Å²) in [7, 11) is 1.42. The molecule has 4 N–H and O–H groups in total. The van der Waals surface area contributed by atoms with E-state index >= 15 is 0 Å². The van der Waals surface area contributed by atoms with Gasteiger partial charge in [0, 0.05) is 22.5 Å². The van der Waals surface area contributed by atoms with Crippen LogP contribution in [0.5, 0.6) is 17.2 Å². The molecular formula is C23H20N4O6. The molecule has 10 heteroatoms. The number of imide groups is 1. The van der Waals surface area contributed by atoms with Crippen LogP contribution in [-0.2, 0) is 0 Å². The van der Waals surface area contributed by atoms with Gasteiger partial charge < -0.3 is 24.8 Å². The summed E-state index contributed by atoms with van der Waals surface area (Å²) in [4.78, 5) is 37.6. The van der Waals surface area contributed by atoms with Gasteiger partial charge in [-0.15, -0.1) is 0 Å². The number of methoxy groups -OCH3 is 1. The minimum Gasteiger partial charge on any atom is -0.493 e. The van der Waals surface area contributed by atoms with Crippen molar-refractivity contribution in [2.45, 2.75) is 0 Å². The highest BCUT2D eigenvalue weighted by molar-refractivity contribution is 6.08. The van der Waals surface area contributed by atoms with Crippen molar-refractivity contribution in [1.82, 2.24) is 5.01 Å². The van der Waals surface area contributed by atoms with Crippen molar-refractivity contribution in [3.05, 3.63) is 77.9 Å². The number of hydrogen-bond acceptors (Lipinski definition) is 7. The van der Waals surface area contributed by atoms with Crippen LogP contribution in [-0.4, -0.2) is 36.8 Å². The zero-order valence-corrected chi connectivity index (χ0v) is 17.5. The van der Waals surface area contributed by atoms with E-state index in [0.29, 0.717) is 33.4 Å². The maximum atomic E-state index is 12.7. The molecule has 0 saturated carbocycles. The van der Waals surface area contributed by atoms with E-state index in [2.05, 4.69) is 10.6 Å². The van der Waals surface area contributed by atoms with Crippen molar-refractivity contribution in [1.29, 1.82) is 0 Å². The minimum atomic E-state index is -0.872. The van der Waals surface area contributed by atoms with Gasteiger partial charge in [-0.05, 0) is 42.5 Å². The molecule has 0 saturated heterocycles. The van der Waals surface area contributed by atoms with E-state index in [9.17, 15) is 14.4 Å². The van der Waals surface area contributed by atoms with Gasteiger partial charge in [-0.2, -0.15) is 5.01 Å². The SMILES string of the molecule is COc1cc(C(=O)N(N)C(=O)Nc2cccc(NC(=O)c3ccccc3)c2)cc2c1OCO2. The number of carbonyl (C=O) groups excluding carboxylic acids is 3. The largest absolute Gasteiger partial charge is 0.493 e. The van der Waals surface area contributed by atoms with Gasteiger partial charge in [-0.25, -0.2) is 10.6 Å². The van der Waals surface area contributed by atoms with Gasteiger partial charge in [0.15, 0.2) is 11.5 Å². The topological polar surface area (TPSA) is 132 Å². The molecule has 1 aliphatic rings. The zero-order chi connectivity index (χ0) is 23.4. The molecule has 168 valence electrons. The second kappa shape index (κ2) is 9.28. The van der Waals surface area contributed by atoms with E-state index in [4.69, 9.17) is 20.1 Å². The molecule has 4 rings (SSSR count). The Hall–Kier alpha value is -4.57. The first kappa shape index (κ1) is 21.7. The number of hydrazine groups is 1. The fourth-order valence-corrected chi connectivity index (χ4v) is 3.14. The van der Waals surface area contributed by atoms with E-state index in [-0.39, 0.29) is 24.0 Å². The number of rotatable bonds is 5. The summed E-state index contributed by atoms with van der Waals surface area (Å²) < 4.78 is 15.8. The number of nitrogens with two attached hydrogens (primary N) is 1. The van der Waals surface area contributed by atoms with Crippen LogP contribution < -0.4 is 30.7 Å². The normalized spacial score (nSPS) is 11.5. The lowest BCUT2D eigenvalue weighted by Gasteiger charge is -2.17. The lowest BCUT2D eigenvalue weighted by molar-refractivity contribution is 0.0810. The molecule has 3 aromatic carbocycles.